The number of amides is 2. The van der Waals surface area contributed by atoms with E-state index in [1.807, 2.05) is 52.3 Å². The van der Waals surface area contributed by atoms with E-state index >= 15 is 0 Å². The fourth-order valence-corrected chi connectivity index (χ4v) is 4.32. The molecule has 2 heterocycles. The van der Waals surface area contributed by atoms with Crippen molar-refractivity contribution in [1.82, 2.24) is 14.7 Å². The van der Waals surface area contributed by atoms with Crippen LogP contribution in [0.5, 0.6) is 0 Å². The molecule has 1 unspecified atom stereocenters. The van der Waals surface area contributed by atoms with Crippen molar-refractivity contribution < 1.29 is 9.59 Å². The van der Waals surface area contributed by atoms with Crippen molar-refractivity contribution in [1.29, 1.82) is 0 Å². The van der Waals surface area contributed by atoms with E-state index in [-0.39, 0.29) is 17.9 Å². The molecular weight excluding hydrogens is 386 g/mol. The summed E-state index contributed by atoms with van der Waals surface area (Å²) in [5.41, 5.74) is 2.12. The Hall–Kier alpha value is -2.37. The van der Waals surface area contributed by atoms with Gasteiger partial charge in [-0.05, 0) is 29.7 Å². The SMILES string of the molecule is O=C(Cc1ccc(Cl)cc1)N1CCC2C(=O)N(Cc3ccccc3)CCN2CC1. The third kappa shape index (κ3) is 4.80. The van der Waals surface area contributed by atoms with Crippen LogP contribution in [-0.2, 0) is 22.6 Å². The number of halogens is 1. The Labute approximate surface area is 176 Å². The van der Waals surface area contributed by atoms with Crippen molar-refractivity contribution in [2.45, 2.75) is 25.4 Å². The van der Waals surface area contributed by atoms with Gasteiger partial charge in [0.15, 0.2) is 0 Å². The second-order valence-corrected chi connectivity index (χ2v) is 8.21. The minimum absolute atomic E-state index is 0.112. The minimum Gasteiger partial charge on any atom is -0.341 e. The topological polar surface area (TPSA) is 43.9 Å². The van der Waals surface area contributed by atoms with Crippen LogP contribution in [0.3, 0.4) is 0 Å². The smallest absolute Gasteiger partial charge is 0.240 e. The second-order valence-electron chi connectivity index (χ2n) is 7.77. The average molecular weight is 412 g/mol. The first kappa shape index (κ1) is 19.9. The molecule has 2 aliphatic rings. The lowest BCUT2D eigenvalue weighted by molar-refractivity contribution is -0.142. The molecule has 0 aromatic heterocycles. The van der Waals surface area contributed by atoms with E-state index in [9.17, 15) is 9.59 Å². The lowest BCUT2D eigenvalue weighted by atomic mass is 10.1. The Morgan fingerprint density at radius 2 is 1.62 bits per heavy atom. The highest BCUT2D eigenvalue weighted by molar-refractivity contribution is 6.30. The first-order valence-electron chi connectivity index (χ1n) is 10.2. The molecule has 0 saturated carbocycles. The molecule has 0 N–H and O–H groups in total. The van der Waals surface area contributed by atoms with Gasteiger partial charge in [-0.3, -0.25) is 14.5 Å². The fraction of sp³-hybridized carbons (Fsp3) is 0.391. The maximum absolute atomic E-state index is 13.1. The summed E-state index contributed by atoms with van der Waals surface area (Å²) in [6, 6.07) is 17.4. The fourth-order valence-electron chi connectivity index (χ4n) is 4.19. The van der Waals surface area contributed by atoms with E-state index in [4.69, 9.17) is 11.6 Å². The van der Waals surface area contributed by atoms with Crippen LogP contribution in [0.1, 0.15) is 17.5 Å². The number of benzene rings is 2. The van der Waals surface area contributed by atoms with Crippen molar-refractivity contribution >= 4 is 23.4 Å². The van der Waals surface area contributed by atoms with Crippen LogP contribution in [0.4, 0.5) is 0 Å². The zero-order valence-corrected chi connectivity index (χ0v) is 17.2. The highest BCUT2D eigenvalue weighted by atomic mass is 35.5. The van der Waals surface area contributed by atoms with Crippen LogP contribution in [0, 0.1) is 0 Å². The maximum atomic E-state index is 13.1. The summed E-state index contributed by atoms with van der Waals surface area (Å²) in [7, 11) is 0. The zero-order valence-electron chi connectivity index (χ0n) is 16.5. The molecule has 6 heteroatoms. The summed E-state index contributed by atoms with van der Waals surface area (Å²) in [5, 5.41) is 0.673. The predicted molar refractivity (Wildman–Crippen MR) is 114 cm³/mol. The first-order valence-corrected chi connectivity index (χ1v) is 10.6. The molecule has 0 aliphatic carbocycles. The highest BCUT2D eigenvalue weighted by Crippen LogP contribution is 2.20. The van der Waals surface area contributed by atoms with E-state index in [1.54, 1.807) is 0 Å². The number of fused-ring (bicyclic) bond motifs is 1. The van der Waals surface area contributed by atoms with Crippen molar-refractivity contribution in [3.8, 4) is 0 Å². The average Bonchev–Trinajstić information content (AvgIpc) is 2.96. The summed E-state index contributed by atoms with van der Waals surface area (Å²) in [6.07, 6.45) is 1.06. The Kier molecular flexibility index (Phi) is 6.16. The van der Waals surface area contributed by atoms with E-state index in [1.165, 1.54) is 0 Å². The van der Waals surface area contributed by atoms with Crippen molar-refractivity contribution in [3.63, 3.8) is 0 Å². The van der Waals surface area contributed by atoms with Crippen LogP contribution in [0.2, 0.25) is 5.02 Å². The molecule has 5 nitrogen and oxygen atoms in total. The number of hydrogen-bond acceptors (Lipinski definition) is 3. The summed E-state index contributed by atoms with van der Waals surface area (Å²) in [5.74, 6) is 0.299. The monoisotopic (exact) mass is 411 g/mol. The van der Waals surface area contributed by atoms with E-state index in [2.05, 4.69) is 17.0 Å². The molecule has 4 rings (SSSR count). The second kappa shape index (κ2) is 8.97. The van der Waals surface area contributed by atoms with Crippen molar-refractivity contribution in [2.24, 2.45) is 0 Å². The van der Waals surface area contributed by atoms with Crippen molar-refractivity contribution in [2.75, 3.05) is 32.7 Å². The molecule has 2 fully saturated rings. The lowest BCUT2D eigenvalue weighted by Crippen LogP contribution is -2.56. The van der Waals surface area contributed by atoms with E-state index in [0.29, 0.717) is 37.5 Å². The van der Waals surface area contributed by atoms with Gasteiger partial charge in [0, 0.05) is 44.3 Å². The number of hydrogen-bond donors (Lipinski definition) is 0. The minimum atomic E-state index is -0.124. The van der Waals surface area contributed by atoms with Gasteiger partial charge in [-0.1, -0.05) is 54.1 Å². The van der Waals surface area contributed by atoms with Crippen LogP contribution in [-0.4, -0.2) is 65.3 Å². The molecule has 0 bridgehead atoms. The third-order valence-electron chi connectivity index (χ3n) is 5.86. The van der Waals surface area contributed by atoms with Gasteiger partial charge in [-0.2, -0.15) is 0 Å². The standard InChI is InChI=1S/C23H26ClN3O2/c24-20-8-6-18(7-9-20)16-22(28)26-11-10-21-23(29)27(15-13-25(21)12-14-26)17-19-4-2-1-3-5-19/h1-9,21H,10-17H2. The molecule has 0 spiro atoms. The molecule has 1 atom stereocenters. The Bertz CT molecular complexity index is 856. The van der Waals surface area contributed by atoms with Gasteiger partial charge in [0.05, 0.1) is 12.5 Å². The maximum Gasteiger partial charge on any atom is 0.240 e. The summed E-state index contributed by atoms with van der Waals surface area (Å²) in [4.78, 5) is 32.0. The zero-order chi connectivity index (χ0) is 20.2. The summed E-state index contributed by atoms with van der Waals surface area (Å²) in [6.45, 7) is 4.31. The van der Waals surface area contributed by atoms with Gasteiger partial charge in [0.2, 0.25) is 11.8 Å². The van der Waals surface area contributed by atoms with Crippen LogP contribution < -0.4 is 0 Å². The predicted octanol–water partition coefficient (Wildman–Crippen LogP) is 2.83. The number of rotatable bonds is 4. The number of nitrogens with zero attached hydrogens (tertiary/aromatic N) is 3. The first-order chi connectivity index (χ1) is 14.1. The third-order valence-corrected chi connectivity index (χ3v) is 6.11. The molecule has 29 heavy (non-hydrogen) atoms. The molecule has 2 saturated heterocycles. The Morgan fingerprint density at radius 3 is 2.38 bits per heavy atom. The van der Waals surface area contributed by atoms with E-state index in [0.717, 1.165) is 30.8 Å². The quantitative estimate of drug-likeness (QED) is 0.777. The van der Waals surface area contributed by atoms with Gasteiger partial charge < -0.3 is 9.80 Å². The van der Waals surface area contributed by atoms with Crippen molar-refractivity contribution in [3.05, 3.63) is 70.7 Å². The summed E-state index contributed by atoms with van der Waals surface area (Å²) < 4.78 is 0. The molecule has 0 radical (unpaired) electrons. The number of piperazine rings is 1. The molecule has 2 amide bonds. The number of carbonyl (C=O) groups excluding carboxylic acids is 2. The van der Waals surface area contributed by atoms with E-state index < -0.39 is 0 Å². The Balaban J connectivity index is 1.37. The Morgan fingerprint density at radius 1 is 0.897 bits per heavy atom. The lowest BCUT2D eigenvalue weighted by Gasteiger charge is -2.39. The molecule has 2 aromatic carbocycles. The molecular formula is C23H26ClN3O2. The largest absolute Gasteiger partial charge is 0.341 e. The molecule has 152 valence electrons. The highest BCUT2D eigenvalue weighted by Gasteiger charge is 2.37. The van der Waals surface area contributed by atoms with Gasteiger partial charge in [0.25, 0.3) is 0 Å². The summed E-state index contributed by atoms with van der Waals surface area (Å²) >= 11 is 5.93. The number of carbonyl (C=O) groups is 2. The van der Waals surface area contributed by atoms with Crippen LogP contribution in [0.15, 0.2) is 54.6 Å². The van der Waals surface area contributed by atoms with Gasteiger partial charge in [0.1, 0.15) is 0 Å². The van der Waals surface area contributed by atoms with Gasteiger partial charge >= 0.3 is 0 Å². The normalized spacial score (nSPS) is 20.3. The van der Waals surface area contributed by atoms with Crippen LogP contribution >= 0.6 is 11.6 Å². The van der Waals surface area contributed by atoms with Gasteiger partial charge in [-0.15, -0.1) is 0 Å². The molecule has 2 aliphatic heterocycles. The van der Waals surface area contributed by atoms with Crippen LogP contribution in [0.25, 0.3) is 0 Å². The van der Waals surface area contributed by atoms with Gasteiger partial charge in [-0.25, -0.2) is 0 Å². The molecule has 2 aromatic rings.